The van der Waals surface area contributed by atoms with E-state index < -0.39 is 5.91 Å². The highest BCUT2D eigenvalue weighted by Crippen LogP contribution is 2.35. The molecule has 5 nitrogen and oxygen atoms in total. The quantitative estimate of drug-likeness (QED) is 0.379. The van der Waals surface area contributed by atoms with Crippen LogP contribution in [0.1, 0.15) is 20.7 Å². The summed E-state index contributed by atoms with van der Waals surface area (Å²) in [4.78, 5) is 31.4. The Bertz CT molecular complexity index is 1270. The fourth-order valence-corrected chi connectivity index (χ4v) is 4.26. The van der Waals surface area contributed by atoms with Gasteiger partial charge in [-0.2, -0.15) is 0 Å². The first-order valence-corrected chi connectivity index (χ1v) is 10.8. The highest BCUT2D eigenvalue weighted by Gasteiger charge is 2.25. The van der Waals surface area contributed by atoms with Crippen LogP contribution in [0.2, 0.25) is 10.0 Å². The van der Waals surface area contributed by atoms with Crippen molar-refractivity contribution < 1.29 is 9.59 Å². The molecule has 4 aromatic rings. The molecule has 0 aliphatic rings. The Morgan fingerprint density at radius 1 is 0.871 bits per heavy atom. The number of thiazole rings is 1. The molecule has 0 atom stereocenters. The Balaban J connectivity index is 1.82. The van der Waals surface area contributed by atoms with Gasteiger partial charge in [0.2, 0.25) is 5.91 Å². The molecule has 0 aliphatic heterocycles. The number of hydrogen-bond acceptors (Lipinski definition) is 4. The van der Waals surface area contributed by atoms with Crippen LogP contribution in [0.25, 0.3) is 11.3 Å². The van der Waals surface area contributed by atoms with Gasteiger partial charge >= 0.3 is 0 Å². The minimum Gasteiger partial charge on any atom is -0.366 e. The normalized spacial score (nSPS) is 10.6. The second-order valence-electron chi connectivity index (χ2n) is 6.52. The molecule has 31 heavy (non-hydrogen) atoms. The van der Waals surface area contributed by atoms with E-state index in [4.69, 9.17) is 28.9 Å². The van der Waals surface area contributed by atoms with Crippen molar-refractivity contribution in [3.63, 3.8) is 0 Å². The molecular weight excluding hydrogens is 453 g/mol. The Morgan fingerprint density at radius 3 is 2.19 bits per heavy atom. The number of aromatic nitrogens is 1. The first-order valence-electron chi connectivity index (χ1n) is 9.15. The lowest BCUT2D eigenvalue weighted by Crippen LogP contribution is -2.26. The zero-order valence-corrected chi connectivity index (χ0v) is 18.3. The third-order valence-electron chi connectivity index (χ3n) is 4.54. The Labute approximate surface area is 192 Å². The number of carbonyl (C=O) groups is 2. The Kier molecular flexibility index (Phi) is 6.04. The molecule has 8 heteroatoms. The van der Waals surface area contributed by atoms with Gasteiger partial charge < -0.3 is 5.73 Å². The van der Waals surface area contributed by atoms with E-state index in [9.17, 15) is 9.59 Å². The van der Waals surface area contributed by atoms with E-state index in [0.717, 1.165) is 0 Å². The monoisotopic (exact) mass is 467 g/mol. The van der Waals surface area contributed by atoms with E-state index in [2.05, 4.69) is 4.98 Å². The highest BCUT2D eigenvalue weighted by atomic mass is 35.5. The second-order valence-corrected chi connectivity index (χ2v) is 8.20. The fraction of sp³-hybridized carbons (Fsp3) is 0. The largest absolute Gasteiger partial charge is 0.366 e. The van der Waals surface area contributed by atoms with Crippen LogP contribution >= 0.6 is 34.5 Å². The Morgan fingerprint density at radius 2 is 1.52 bits per heavy atom. The van der Waals surface area contributed by atoms with Crippen molar-refractivity contribution >= 4 is 57.2 Å². The van der Waals surface area contributed by atoms with Gasteiger partial charge in [0.1, 0.15) is 0 Å². The predicted molar refractivity (Wildman–Crippen MR) is 125 cm³/mol. The standard InChI is InChI=1S/C23H15Cl2N3O2S/c24-14-9-11-15(12-10-14)28(22(30)18-7-3-4-8-19(18)25)23-27-20(13-31-23)16-5-1-2-6-17(16)21(26)29/h1-13H,(H2,26,29). The maximum Gasteiger partial charge on any atom is 0.266 e. The Hall–Kier alpha value is -3.19. The third-order valence-corrected chi connectivity index (χ3v) is 5.95. The molecule has 2 amide bonds. The number of carbonyl (C=O) groups excluding carboxylic acids is 2. The van der Waals surface area contributed by atoms with Crippen LogP contribution in [0.5, 0.6) is 0 Å². The number of hydrogen-bond donors (Lipinski definition) is 1. The maximum atomic E-state index is 13.5. The number of rotatable bonds is 5. The van der Waals surface area contributed by atoms with Gasteiger partial charge in [-0.25, -0.2) is 4.98 Å². The van der Waals surface area contributed by atoms with Crippen LogP contribution in [-0.2, 0) is 0 Å². The molecule has 3 aromatic carbocycles. The molecule has 154 valence electrons. The molecule has 0 saturated heterocycles. The molecule has 2 N–H and O–H groups in total. The molecule has 0 radical (unpaired) electrons. The zero-order chi connectivity index (χ0) is 22.0. The lowest BCUT2D eigenvalue weighted by Gasteiger charge is -2.21. The number of primary amides is 1. The van der Waals surface area contributed by atoms with E-state index in [-0.39, 0.29) is 5.91 Å². The van der Waals surface area contributed by atoms with Crippen molar-refractivity contribution in [2.75, 3.05) is 4.90 Å². The van der Waals surface area contributed by atoms with Gasteiger partial charge in [0.05, 0.1) is 22.0 Å². The molecule has 0 aliphatic carbocycles. The van der Waals surface area contributed by atoms with E-state index in [1.54, 1.807) is 78.2 Å². The first kappa shape index (κ1) is 21.1. The highest BCUT2D eigenvalue weighted by molar-refractivity contribution is 7.14. The molecule has 0 bridgehead atoms. The van der Waals surface area contributed by atoms with Crippen LogP contribution < -0.4 is 10.6 Å². The average molecular weight is 468 g/mol. The summed E-state index contributed by atoms with van der Waals surface area (Å²) >= 11 is 13.6. The molecule has 1 heterocycles. The summed E-state index contributed by atoms with van der Waals surface area (Å²) in [7, 11) is 0. The van der Waals surface area contributed by atoms with Crippen LogP contribution in [-0.4, -0.2) is 16.8 Å². The van der Waals surface area contributed by atoms with Gasteiger partial charge in [0.15, 0.2) is 5.13 Å². The summed E-state index contributed by atoms with van der Waals surface area (Å²) in [6.07, 6.45) is 0. The molecule has 1 aromatic heterocycles. The average Bonchev–Trinajstić information content (AvgIpc) is 3.25. The summed E-state index contributed by atoms with van der Waals surface area (Å²) < 4.78 is 0. The van der Waals surface area contributed by atoms with Crippen LogP contribution in [0.3, 0.4) is 0 Å². The van der Waals surface area contributed by atoms with Crippen molar-refractivity contribution in [3.8, 4) is 11.3 Å². The zero-order valence-electron chi connectivity index (χ0n) is 16.0. The van der Waals surface area contributed by atoms with E-state index in [0.29, 0.717) is 43.2 Å². The molecule has 0 spiro atoms. The molecule has 4 rings (SSSR count). The summed E-state index contributed by atoms with van der Waals surface area (Å²) in [6.45, 7) is 0. The maximum absolute atomic E-state index is 13.5. The lowest BCUT2D eigenvalue weighted by molar-refractivity contribution is 0.0991. The SMILES string of the molecule is NC(=O)c1ccccc1-c1csc(N(C(=O)c2ccccc2Cl)c2ccc(Cl)cc2)n1. The number of halogens is 2. The van der Waals surface area contributed by atoms with Crippen molar-refractivity contribution in [1.29, 1.82) is 0 Å². The molecule has 0 saturated carbocycles. The van der Waals surface area contributed by atoms with E-state index in [1.807, 2.05) is 0 Å². The third kappa shape index (κ3) is 4.32. The fourth-order valence-electron chi connectivity index (χ4n) is 3.07. The number of anilines is 2. The van der Waals surface area contributed by atoms with Crippen LogP contribution in [0.4, 0.5) is 10.8 Å². The minimum absolute atomic E-state index is 0.335. The summed E-state index contributed by atoms with van der Waals surface area (Å²) in [6, 6.07) is 20.6. The van der Waals surface area contributed by atoms with Crippen molar-refractivity contribution in [1.82, 2.24) is 4.98 Å². The van der Waals surface area contributed by atoms with Gasteiger partial charge in [0.25, 0.3) is 5.91 Å². The molecular formula is C23H15Cl2N3O2S. The second kappa shape index (κ2) is 8.89. The molecule has 0 unspecified atom stereocenters. The predicted octanol–water partition coefficient (Wildman–Crippen LogP) is 6.19. The number of nitrogens with zero attached hydrogens (tertiary/aromatic N) is 2. The number of amides is 2. The molecule has 0 fully saturated rings. The topological polar surface area (TPSA) is 76.3 Å². The van der Waals surface area contributed by atoms with Crippen molar-refractivity contribution in [2.24, 2.45) is 5.73 Å². The smallest absolute Gasteiger partial charge is 0.266 e. The van der Waals surface area contributed by atoms with Gasteiger partial charge in [-0.05, 0) is 42.5 Å². The van der Waals surface area contributed by atoms with Crippen LogP contribution in [0.15, 0.2) is 78.2 Å². The van der Waals surface area contributed by atoms with Gasteiger partial charge in [-0.15, -0.1) is 11.3 Å². The van der Waals surface area contributed by atoms with Gasteiger partial charge in [-0.1, -0.05) is 53.5 Å². The summed E-state index contributed by atoms with van der Waals surface area (Å²) in [5.41, 5.74) is 7.93. The first-order chi connectivity index (χ1) is 15.0. The van der Waals surface area contributed by atoms with E-state index in [1.165, 1.54) is 16.2 Å². The van der Waals surface area contributed by atoms with E-state index >= 15 is 0 Å². The minimum atomic E-state index is -0.549. The van der Waals surface area contributed by atoms with Gasteiger partial charge in [0, 0.05) is 21.5 Å². The lowest BCUT2D eigenvalue weighted by atomic mass is 10.1. The van der Waals surface area contributed by atoms with Gasteiger partial charge in [-0.3, -0.25) is 14.5 Å². The van der Waals surface area contributed by atoms with Crippen molar-refractivity contribution in [3.05, 3.63) is 99.3 Å². The number of nitrogens with two attached hydrogens (primary N) is 1. The van der Waals surface area contributed by atoms with Crippen molar-refractivity contribution in [2.45, 2.75) is 0 Å². The number of benzene rings is 3. The summed E-state index contributed by atoms with van der Waals surface area (Å²) in [5, 5.41) is 3.08. The summed E-state index contributed by atoms with van der Waals surface area (Å²) in [5.74, 6) is -0.885. The van der Waals surface area contributed by atoms with Crippen LogP contribution in [0, 0.1) is 0 Å².